The van der Waals surface area contributed by atoms with E-state index in [2.05, 4.69) is 30.8 Å². The summed E-state index contributed by atoms with van der Waals surface area (Å²) in [5.41, 5.74) is 2.38. The minimum Gasteiger partial charge on any atom is -0.281 e. The van der Waals surface area contributed by atoms with Crippen LogP contribution in [0.25, 0.3) is 11.1 Å². The molecule has 0 radical (unpaired) electrons. The summed E-state index contributed by atoms with van der Waals surface area (Å²) in [5, 5.41) is -0.0212. The molecular formula is C15H12OS2. The van der Waals surface area contributed by atoms with Gasteiger partial charge in [0.25, 0.3) is 0 Å². The molecule has 0 fully saturated rings. The lowest BCUT2D eigenvalue weighted by molar-refractivity contribution is -0.106. The second-order valence-corrected chi connectivity index (χ2v) is 5.79. The Morgan fingerprint density at radius 2 is 1.56 bits per heavy atom. The van der Waals surface area contributed by atoms with Crippen LogP contribution in [0.2, 0.25) is 0 Å². The summed E-state index contributed by atoms with van der Waals surface area (Å²) in [5.74, 6) is 0. The summed E-state index contributed by atoms with van der Waals surface area (Å²) in [4.78, 5) is 12.2. The van der Waals surface area contributed by atoms with E-state index in [1.165, 1.54) is 38.8 Å². The first-order valence-corrected chi connectivity index (χ1v) is 7.61. The molecule has 0 N–H and O–H groups in total. The van der Waals surface area contributed by atoms with Gasteiger partial charge in [-0.25, -0.2) is 0 Å². The first kappa shape index (κ1) is 13.0. The van der Waals surface area contributed by atoms with Gasteiger partial charge in [-0.2, -0.15) is 0 Å². The zero-order valence-electron chi connectivity index (χ0n) is 9.71. The Labute approximate surface area is 115 Å². The number of carbonyl (C=O) groups is 1. The molecule has 0 bridgehead atoms. The van der Waals surface area contributed by atoms with E-state index in [1.54, 1.807) is 0 Å². The van der Waals surface area contributed by atoms with E-state index in [9.17, 15) is 4.79 Å². The van der Waals surface area contributed by atoms with Crippen LogP contribution < -0.4 is 0 Å². The number of carbonyl (C=O) groups excluding carboxylic acids is 1. The molecule has 90 valence electrons. The molecule has 0 aliphatic carbocycles. The Balaban J connectivity index is 2.06. The molecule has 3 heteroatoms. The molecule has 0 aliphatic rings. The number of benzene rings is 2. The van der Waals surface area contributed by atoms with Crippen LogP contribution in [0.3, 0.4) is 0 Å². The van der Waals surface area contributed by atoms with Gasteiger partial charge in [-0.15, -0.1) is 0 Å². The van der Waals surface area contributed by atoms with Gasteiger partial charge in [-0.05, 0) is 50.9 Å². The minimum atomic E-state index is -0.0212. The molecule has 0 saturated carbocycles. The summed E-state index contributed by atoms with van der Waals surface area (Å²) in [7, 11) is 2.64. The molecule has 2 aromatic carbocycles. The van der Waals surface area contributed by atoms with Crippen molar-refractivity contribution in [2.24, 2.45) is 0 Å². The van der Waals surface area contributed by atoms with E-state index in [0.29, 0.717) is 0 Å². The average Bonchev–Trinajstić information content (AvgIpc) is 2.46. The summed E-state index contributed by atoms with van der Waals surface area (Å²) < 4.78 is 0. The molecule has 0 heterocycles. The lowest BCUT2D eigenvalue weighted by Crippen LogP contribution is -1.79. The van der Waals surface area contributed by atoms with Crippen molar-refractivity contribution < 1.29 is 4.79 Å². The van der Waals surface area contributed by atoms with Gasteiger partial charge in [-0.3, -0.25) is 4.79 Å². The molecular weight excluding hydrogens is 260 g/mol. The normalized spacial score (nSPS) is 10.0. The summed E-state index contributed by atoms with van der Waals surface area (Å²) >= 11 is 0. The second kappa shape index (κ2) is 6.47. The number of hydrogen-bond acceptors (Lipinski definition) is 3. The van der Waals surface area contributed by atoms with Crippen LogP contribution in [0.4, 0.5) is 0 Å². The Hall–Kier alpha value is -1.45. The highest BCUT2D eigenvalue weighted by Crippen LogP contribution is 2.33. The van der Waals surface area contributed by atoms with Crippen molar-refractivity contribution in [1.29, 1.82) is 0 Å². The number of hydrogen-bond donors (Lipinski definition) is 0. The van der Waals surface area contributed by atoms with E-state index in [0.717, 1.165) is 4.90 Å². The topological polar surface area (TPSA) is 17.1 Å². The van der Waals surface area contributed by atoms with Crippen molar-refractivity contribution in [3.05, 3.63) is 67.3 Å². The molecule has 0 spiro atoms. The van der Waals surface area contributed by atoms with E-state index in [4.69, 9.17) is 0 Å². The molecule has 0 atom stereocenters. The van der Waals surface area contributed by atoms with Crippen molar-refractivity contribution in [1.82, 2.24) is 0 Å². The van der Waals surface area contributed by atoms with Crippen LogP contribution in [0.15, 0.2) is 72.1 Å². The summed E-state index contributed by atoms with van der Waals surface area (Å²) in [6.45, 7) is 3.44. The van der Waals surface area contributed by atoms with Crippen molar-refractivity contribution >= 4 is 26.7 Å². The fourth-order valence-electron chi connectivity index (χ4n) is 1.46. The summed E-state index contributed by atoms with van der Waals surface area (Å²) in [6, 6.07) is 18.4. The molecule has 0 saturated heterocycles. The predicted octanol–water partition coefficient (Wildman–Crippen LogP) is 4.81. The van der Waals surface area contributed by atoms with Crippen molar-refractivity contribution in [2.45, 2.75) is 4.90 Å². The third-order valence-electron chi connectivity index (χ3n) is 2.35. The lowest BCUT2D eigenvalue weighted by Gasteiger charge is -2.03. The first-order valence-electron chi connectivity index (χ1n) is 5.46. The smallest absolute Gasteiger partial charge is 0.222 e. The van der Waals surface area contributed by atoms with E-state index < -0.39 is 0 Å². The van der Waals surface area contributed by atoms with Crippen LogP contribution in [-0.2, 0) is 4.79 Å². The van der Waals surface area contributed by atoms with Gasteiger partial charge in [-0.1, -0.05) is 49.0 Å². The molecule has 2 aromatic rings. The Morgan fingerprint density at radius 3 is 2.17 bits per heavy atom. The third-order valence-corrected chi connectivity index (χ3v) is 4.55. The van der Waals surface area contributed by atoms with Gasteiger partial charge in [0.05, 0.1) is 0 Å². The molecule has 2 rings (SSSR count). The average molecular weight is 272 g/mol. The predicted molar refractivity (Wildman–Crippen MR) is 80.5 cm³/mol. The second-order valence-electron chi connectivity index (χ2n) is 3.58. The van der Waals surface area contributed by atoms with E-state index in [1.807, 2.05) is 30.3 Å². The SMILES string of the molecule is C=CC(=O)SSc1ccc(-c2ccccc2)cc1. The summed E-state index contributed by atoms with van der Waals surface area (Å²) in [6.07, 6.45) is 1.33. The maximum Gasteiger partial charge on any atom is 0.222 e. The molecule has 18 heavy (non-hydrogen) atoms. The van der Waals surface area contributed by atoms with Gasteiger partial charge >= 0.3 is 0 Å². The van der Waals surface area contributed by atoms with Crippen molar-refractivity contribution in [3.63, 3.8) is 0 Å². The maximum atomic E-state index is 11.1. The van der Waals surface area contributed by atoms with Crippen molar-refractivity contribution in [2.75, 3.05) is 0 Å². The molecule has 0 aliphatic heterocycles. The van der Waals surface area contributed by atoms with Crippen molar-refractivity contribution in [3.8, 4) is 11.1 Å². The third kappa shape index (κ3) is 3.52. The fourth-order valence-corrected chi connectivity index (χ4v) is 3.02. The Bertz CT molecular complexity index is 532. The standard InChI is InChI=1S/C15H12OS2/c1-2-15(16)18-17-14-10-8-13(9-11-14)12-6-4-3-5-7-12/h2-11H,1H2. The van der Waals surface area contributed by atoms with Gasteiger partial charge in [0.2, 0.25) is 5.12 Å². The lowest BCUT2D eigenvalue weighted by atomic mass is 10.1. The van der Waals surface area contributed by atoms with Crippen LogP contribution in [-0.4, -0.2) is 5.12 Å². The zero-order chi connectivity index (χ0) is 12.8. The molecule has 0 aromatic heterocycles. The largest absolute Gasteiger partial charge is 0.281 e. The first-order chi connectivity index (χ1) is 8.79. The molecule has 0 amide bonds. The van der Waals surface area contributed by atoms with E-state index in [-0.39, 0.29) is 5.12 Å². The Morgan fingerprint density at radius 1 is 0.944 bits per heavy atom. The van der Waals surface area contributed by atoms with Crippen LogP contribution in [0.1, 0.15) is 0 Å². The zero-order valence-corrected chi connectivity index (χ0v) is 11.3. The highest BCUT2D eigenvalue weighted by atomic mass is 33.1. The minimum absolute atomic E-state index is 0.0212. The van der Waals surface area contributed by atoms with Crippen LogP contribution in [0, 0.1) is 0 Å². The molecule has 0 unspecified atom stereocenters. The highest BCUT2D eigenvalue weighted by Gasteiger charge is 2.01. The molecule has 1 nitrogen and oxygen atoms in total. The van der Waals surface area contributed by atoms with Gasteiger partial charge in [0, 0.05) is 4.90 Å². The monoisotopic (exact) mass is 272 g/mol. The van der Waals surface area contributed by atoms with Gasteiger partial charge in [0.15, 0.2) is 0 Å². The van der Waals surface area contributed by atoms with Crippen LogP contribution in [0.5, 0.6) is 0 Å². The van der Waals surface area contributed by atoms with Gasteiger partial charge in [0.1, 0.15) is 0 Å². The van der Waals surface area contributed by atoms with Crippen LogP contribution >= 0.6 is 21.6 Å². The van der Waals surface area contributed by atoms with Gasteiger partial charge < -0.3 is 0 Å². The number of rotatable bonds is 4. The maximum absolute atomic E-state index is 11.1. The quantitative estimate of drug-likeness (QED) is 0.587. The fraction of sp³-hybridized carbons (Fsp3) is 0. The Kier molecular flexibility index (Phi) is 4.67. The van der Waals surface area contributed by atoms with E-state index >= 15 is 0 Å². The highest BCUT2D eigenvalue weighted by molar-refractivity contribution is 8.82.